The summed E-state index contributed by atoms with van der Waals surface area (Å²) in [5, 5.41) is 0. The van der Waals surface area contributed by atoms with Crippen LogP contribution >= 0.6 is 0 Å². The SMILES string of the molecule is C=CCN(C(=O)C(=O)OC)C1CC1. The summed E-state index contributed by atoms with van der Waals surface area (Å²) in [4.78, 5) is 23.8. The Morgan fingerprint density at radius 2 is 2.23 bits per heavy atom. The predicted molar refractivity (Wildman–Crippen MR) is 46.9 cm³/mol. The molecule has 13 heavy (non-hydrogen) atoms. The van der Waals surface area contributed by atoms with Crippen LogP contribution in [0, 0.1) is 0 Å². The zero-order valence-corrected chi connectivity index (χ0v) is 7.66. The maximum atomic E-state index is 11.3. The Balaban J connectivity index is 2.57. The second kappa shape index (κ2) is 4.07. The van der Waals surface area contributed by atoms with Gasteiger partial charge in [-0.2, -0.15) is 0 Å². The van der Waals surface area contributed by atoms with E-state index >= 15 is 0 Å². The molecule has 1 aliphatic carbocycles. The molecule has 1 amide bonds. The van der Waals surface area contributed by atoms with Crippen molar-refractivity contribution in [3.05, 3.63) is 12.7 Å². The van der Waals surface area contributed by atoms with Crippen molar-refractivity contribution >= 4 is 11.9 Å². The lowest BCUT2D eigenvalue weighted by Crippen LogP contribution is -2.38. The zero-order chi connectivity index (χ0) is 9.84. The average molecular weight is 183 g/mol. The molecule has 1 fully saturated rings. The first-order chi connectivity index (χ1) is 6.20. The van der Waals surface area contributed by atoms with Gasteiger partial charge in [-0.3, -0.25) is 4.79 Å². The molecule has 0 heterocycles. The van der Waals surface area contributed by atoms with Crippen molar-refractivity contribution < 1.29 is 14.3 Å². The smallest absolute Gasteiger partial charge is 0.396 e. The van der Waals surface area contributed by atoms with E-state index in [1.54, 1.807) is 6.08 Å². The minimum atomic E-state index is -0.797. The third-order valence-corrected chi connectivity index (χ3v) is 1.93. The minimum Gasteiger partial charge on any atom is -0.462 e. The first-order valence-electron chi connectivity index (χ1n) is 4.20. The Kier molecular flexibility index (Phi) is 3.06. The van der Waals surface area contributed by atoms with Gasteiger partial charge in [0.1, 0.15) is 0 Å². The van der Waals surface area contributed by atoms with Crippen molar-refractivity contribution in [3.63, 3.8) is 0 Å². The van der Waals surface area contributed by atoms with E-state index < -0.39 is 11.9 Å². The Bertz CT molecular complexity index is 233. The lowest BCUT2D eigenvalue weighted by molar-refractivity contribution is -0.158. The quantitative estimate of drug-likeness (QED) is 0.360. The number of carbonyl (C=O) groups excluding carboxylic acids is 2. The first-order valence-corrected chi connectivity index (χ1v) is 4.20. The number of hydrogen-bond acceptors (Lipinski definition) is 3. The van der Waals surface area contributed by atoms with E-state index in [1.807, 2.05) is 0 Å². The molecule has 0 spiro atoms. The topological polar surface area (TPSA) is 46.6 Å². The molecule has 0 aromatic carbocycles. The van der Waals surface area contributed by atoms with Crippen LogP contribution in [0.2, 0.25) is 0 Å². The highest BCUT2D eigenvalue weighted by Gasteiger charge is 2.35. The molecule has 0 aromatic heterocycles. The number of methoxy groups -OCH3 is 1. The van der Waals surface area contributed by atoms with E-state index in [4.69, 9.17) is 0 Å². The maximum Gasteiger partial charge on any atom is 0.396 e. The largest absolute Gasteiger partial charge is 0.462 e. The summed E-state index contributed by atoms with van der Waals surface area (Å²) in [6.07, 6.45) is 3.55. The van der Waals surface area contributed by atoms with E-state index in [0.29, 0.717) is 6.54 Å². The first kappa shape index (κ1) is 9.77. The highest BCUT2D eigenvalue weighted by atomic mass is 16.5. The van der Waals surface area contributed by atoms with Gasteiger partial charge >= 0.3 is 11.9 Å². The van der Waals surface area contributed by atoms with Crippen molar-refractivity contribution in [1.82, 2.24) is 4.90 Å². The fourth-order valence-corrected chi connectivity index (χ4v) is 1.13. The summed E-state index contributed by atoms with van der Waals surface area (Å²) in [6.45, 7) is 3.95. The number of hydrogen-bond donors (Lipinski definition) is 0. The molecule has 0 radical (unpaired) electrons. The standard InChI is InChI=1S/C9H13NO3/c1-3-6-10(7-4-5-7)8(11)9(12)13-2/h3,7H,1,4-6H2,2H3. The summed E-state index contributed by atoms with van der Waals surface area (Å²) in [5.41, 5.74) is 0. The van der Waals surface area contributed by atoms with Gasteiger partial charge in [0.2, 0.25) is 0 Å². The number of nitrogens with zero attached hydrogens (tertiary/aromatic N) is 1. The van der Waals surface area contributed by atoms with Crippen molar-refractivity contribution in [3.8, 4) is 0 Å². The molecule has 0 atom stereocenters. The number of ether oxygens (including phenoxy) is 1. The van der Waals surface area contributed by atoms with Crippen LogP contribution in [0.5, 0.6) is 0 Å². The third kappa shape index (κ3) is 2.31. The van der Waals surface area contributed by atoms with Crippen LogP contribution in [0.15, 0.2) is 12.7 Å². The Hall–Kier alpha value is -1.32. The van der Waals surface area contributed by atoms with Crippen LogP contribution < -0.4 is 0 Å². The molecular formula is C9H13NO3. The monoisotopic (exact) mass is 183 g/mol. The average Bonchev–Trinajstić information content (AvgIpc) is 2.95. The van der Waals surface area contributed by atoms with E-state index in [1.165, 1.54) is 12.0 Å². The molecule has 1 saturated carbocycles. The predicted octanol–water partition coefficient (Wildman–Crippen LogP) is 0.336. The molecule has 0 aromatic rings. The third-order valence-electron chi connectivity index (χ3n) is 1.93. The van der Waals surface area contributed by atoms with Gasteiger partial charge in [-0.15, -0.1) is 6.58 Å². The number of carbonyl (C=O) groups is 2. The molecule has 1 aliphatic rings. The van der Waals surface area contributed by atoms with Gasteiger partial charge in [0, 0.05) is 12.6 Å². The molecular weight excluding hydrogens is 170 g/mol. The van der Waals surface area contributed by atoms with Crippen LogP contribution in [-0.2, 0) is 14.3 Å². The summed E-state index contributed by atoms with van der Waals surface area (Å²) >= 11 is 0. The van der Waals surface area contributed by atoms with Crippen LogP contribution in [0.3, 0.4) is 0 Å². The highest BCUT2D eigenvalue weighted by molar-refractivity contribution is 6.32. The second-order valence-electron chi connectivity index (χ2n) is 2.97. The van der Waals surface area contributed by atoms with Gasteiger partial charge in [-0.05, 0) is 12.8 Å². The van der Waals surface area contributed by atoms with Crippen LogP contribution in [-0.4, -0.2) is 36.5 Å². The van der Waals surface area contributed by atoms with Crippen LogP contribution in [0.1, 0.15) is 12.8 Å². The van der Waals surface area contributed by atoms with Crippen molar-refractivity contribution in [1.29, 1.82) is 0 Å². The molecule has 0 saturated heterocycles. The summed E-state index contributed by atoms with van der Waals surface area (Å²) < 4.78 is 4.35. The fourth-order valence-electron chi connectivity index (χ4n) is 1.13. The minimum absolute atomic E-state index is 0.213. The lowest BCUT2D eigenvalue weighted by Gasteiger charge is -2.18. The van der Waals surface area contributed by atoms with Crippen molar-refractivity contribution in [2.75, 3.05) is 13.7 Å². The highest BCUT2D eigenvalue weighted by Crippen LogP contribution is 2.26. The number of rotatable bonds is 3. The van der Waals surface area contributed by atoms with E-state index in [0.717, 1.165) is 12.8 Å². The Labute approximate surface area is 77.2 Å². The van der Waals surface area contributed by atoms with E-state index in [-0.39, 0.29) is 6.04 Å². The van der Waals surface area contributed by atoms with Gasteiger partial charge in [0.15, 0.2) is 0 Å². The molecule has 72 valence electrons. The molecule has 0 bridgehead atoms. The van der Waals surface area contributed by atoms with Crippen molar-refractivity contribution in [2.45, 2.75) is 18.9 Å². The van der Waals surface area contributed by atoms with Gasteiger partial charge in [-0.1, -0.05) is 6.08 Å². The maximum absolute atomic E-state index is 11.3. The van der Waals surface area contributed by atoms with E-state index in [2.05, 4.69) is 11.3 Å². The molecule has 4 heteroatoms. The van der Waals surface area contributed by atoms with Gasteiger partial charge in [-0.25, -0.2) is 4.79 Å². The molecule has 0 aliphatic heterocycles. The Morgan fingerprint density at radius 3 is 2.62 bits per heavy atom. The molecule has 1 rings (SSSR count). The summed E-state index contributed by atoms with van der Waals surface area (Å²) in [7, 11) is 1.21. The number of esters is 1. The van der Waals surface area contributed by atoms with Crippen LogP contribution in [0.4, 0.5) is 0 Å². The van der Waals surface area contributed by atoms with Crippen LogP contribution in [0.25, 0.3) is 0 Å². The Morgan fingerprint density at radius 1 is 1.62 bits per heavy atom. The van der Waals surface area contributed by atoms with Gasteiger partial charge in [0.05, 0.1) is 7.11 Å². The van der Waals surface area contributed by atoms with Crippen molar-refractivity contribution in [2.24, 2.45) is 0 Å². The summed E-state index contributed by atoms with van der Waals surface area (Å²) in [6, 6.07) is 0.213. The zero-order valence-electron chi connectivity index (χ0n) is 7.66. The lowest BCUT2D eigenvalue weighted by atomic mass is 10.4. The fraction of sp³-hybridized carbons (Fsp3) is 0.556. The molecule has 4 nitrogen and oxygen atoms in total. The van der Waals surface area contributed by atoms with Gasteiger partial charge in [0.25, 0.3) is 0 Å². The van der Waals surface area contributed by atoms with E-state index in [9.17, 15) is 9.59 Å². The molecule has 0 N–H and O–H groups in total. The number of amides is 1. The molecule has 0 unspecified atom stereocenters. The normalized spacial score (nSPS) is 14.8. The second-order valence-corrected chi connectivity index (χ2v) is 2.97. The van der Waals surface area contributed by atoms with Gasteiger partial charge < -0.3 is 9.64 Å². The summed E-state index contributed by atoms with van der Waals surface area (Å²) in [5.74, 6) is -1.36.